The van der Waals surface area contributed by atoms with Gasteiger partial charge in [-0.25, -0.2) is 0 Å². The molecule has 0 heterocycles. The summed E-state index contributed by atoms with van der Waals surface area (Å²) in [6.45, 7) is 0.171. The van der Waals surface area contributed by atoms with E-state index in [2.05, 4.69) is 15.9 Å². The van der Waals surface area contributed by atoms with Crippen LogP contribution in [0.4, 0.5) is 5.69 Å². The van der Waals surface area contributed by atoms with Crippen molar-refractivity contribution in [3.05, 3.63) is 34.3 Å². The topological polar surface area (TPSA) is 46.2 Å². The molecule has 2 nitrogen and oxygen atoms in total. The van der Waals surface area contributed by atoms with Gasteiger partial charge in [-0.2, -0.15) is 0 Å². The Morgan fingerprint density at radius 3 is 2.92 bits per heavy atom. The lowest BCUT2D eigenvalue weighted by atomic mass is 10.1. The first-order valence-corrected chi connectivity index (χ1v) is 4.86. The molecule has 1 aromatic rings. The molecule has 0 aromatic heterocycles. The van der Waals surface area contributed by atoms with Gasteiger partial charge in [0, 0.05) is 16.8 Å². The largest absolute Gasteiger partial charge is 0.398 e. The minimum Gasteiger partial charge on any atom is -0.398 e. The maximum atomic E-state index is 8.58. The van der Waals surface area contributed by atoms with E-state index >= 15 is 0 Å². The van der Waals surface area contributed by atoms with Crippen molar-refractivity contribution in [3.63, 3.8) is 0 Å². The van der Waals surface area contributed by atoms with Crippen molar-refractivity contribution in [2.45, 2.75) is 6.42 Å². The lowest BCUT2D eigenvalue weighted by molar-refractivity contribution is 0.303. The number of aliphatic hydroxyl groups is 1. The Morgan fingerprint density at radius 1 is 1.46 bits per heavy atom. The number of aliphatic hydroxyl groups excluding tert-OH is 1. The van der Waals surface area contributed by atoms with Crippen LogP contribution >= 0.6 is 15.9 Å². The molecule has 0 radical (unpaired) electrons. The van der Waals surface area contributed by atoms with Crippen molar-refractivity contribution in [1.82, 2.24) is 0 Å². The Bertz CT molecular complexity index is 310. The molecular weight excluding hydrogens is 230 g/mol. The first-order chi connectivity index (χ1) is 6.24. The minimum atomic E-state index is 0.171. The van der Waals surface area contributed by atoms with Crippen molar-refractivity contribution in [2.75, 3.05) is 12.3 Å². The molecule has 0 saturated heterocycles. The molecule has 0 aliphatic carbocycles. The lowest BCUT2D eigenvalue weighted by Crippen LogP contribution is -1.88. The van der Waals surface area contributed by atoms with Crippen LogP contribution in [-0.2, 0) is 0 Å². The Morgan fingerprint density at radius 2 is 2.23 bits per heavy atom. The van der Waals surface area contributed by atoms with Crippen LogP contribution in [0.3, 0.4) is 0 Å². The van der Waals surface area contributed by atoms with Gasteiger partial charge in [-0.05, 0) is 30.2 Å². The third-order valence-electron chi connectivity index (χ3n) is 1.64. The van der Waals surface area contributed by atoms with Crippen LogP contribution in [0, 0.1) is 0 Å². The second-order valence-electron chi connectivity index (χ2n) is 2.69. The number of hydrogen-bond donors (Lipinski definition) is 2. The summed E-state index contributed by atoms with van der Waals surface area (Å²) >= 11 is 3.37. The maximum absolute atomic E-state index is 8.58. The molecule has 3 heteroatoms. The quantitative estimate of drug-likeness (QED) is 0.799. The second kappa shape index (κ2) is 5.04. The third kappa shape index (κ3) is 3.20. The molecule has 13 heavy (non-hydrogen) atoms. The molecule has 0 amide bonds. The standard InChI is InChI=1S/C10H12BrNO/c11-9-4-5-10(12)8(7-9)3-1-2-6-13/h1,3-5,7,13H,2,6,12H2. The molecule has 0 aliphatic rings. The predicted octanol–water partition coefficient (Wildman–Crippen LogP) is 2.43. The van der Waals surface area contributed by atoms with E-state index in [0.29, 0.717) is 6.42 Å². The van der Waals surface area contributed by atoms with Crippen LogP contribution in [0.2, 0.25) is 0 Å². The fraction of sp³-hybridized carbons (Fsp3) is 0.200. The average molecular weight is 242 g/mol. The van der Waals surface area contributed by atoms with Gasteiger partial charge in [0.2, 0.25) is 0 Å². The first-order valence-electron chi connectivity index (χ1n) is 4.06. The molecular formula is C10H12BrNO. The van der Waals surface area contributed by atoms with Crippen molar-refractivity contribution < 1.29 is 5.11 Å². The first kappa shape index (κ1) is 10.3. The van der Waals surface area contributed by atoms with Gasteiger partial charge in [-0.15, -0.1) is 0 Å². The lowest BCUT2D eigenvalue weighted by Gasteiger charge is -2.00. The number of halogens is 1. The number of anilines is 1. The maximum Gasteiger partial charge on any atom is 0.0465 e. The van der Waals surface area contributed by atoms with Crippen LogP contribution in [0.15, 0.2) is 28.7 Å². The van der Waals surface area contributed by atoms with Gasteiger partial charge in [-0.3, -0.25) is 0 Å². The summed E-state index contributed by atoms with van der Waals surface area (Å²) in [5.74, 6) is 0. The van der Waals surface area contributed by atoms with E-state index in [1.807, 2.05) is 30.4 Å². The van der Waals surface area contributed by atoms with E-state index in [1.54, 1.807) is 0 Å². The second-order valence-corrected chi connectivity index (χ2v) is 3.60. The molecule has 1 rings (SSSR count). The highest BCUT2D eigenvalue weighted by Crippen LogP contribution is 2.19. The molecule has 0 fully saturated rings. The zero-order valence-corrected chi connectivity index (χ0v) is 8.79. The summed E-state index contributed by atoms with van der Waals surface area (Å²) in [6, 6.07) is 5.70. The molecule has 70 valence electrons. The fourth-order valence-corrected chi connectivity index (χ4v) is 1.35. The van der Waals surface area contributed by atoms with E-state index in [4.69, 9.17) is 10.8 Å². The Labute approximate surface area is 86.2 Å². The monoisotopic (exact) mass is 241 g/mol. The van der Waals surface area contributed by atoms with Crippen LogP contribution in [0.1, 0.15) is 12.0 Å². The van der Waals surface area contributed by atoms with E-state index < -0.39 is 0 Å². The zero-order valence-electron chi connectivity index (χ0n) is 7.20. The number of hydrogen-bond acceptors (Lipinski definition) is 2. The van der Waals surface area contributed by atoms with Gasteiger partial charge in [0.1, 0.15) is 0 Å². The van der Waals surface area contributed by atoms with Crippen molar-refractivity contribution in [1.29, 1.82) is 0 Å². The molecule has 0 spiro atoms. The molecule has 1 aromatic carbocycles. The average Bonchev–Trinajstić information content (AvgIpc) is 2.11. The molecule has 0 saturated carbocycles. The summed E-state index contributed by atoms with van der Waals surface area (Å²) in [6.07, 6.45) is 4.47. The van der Waals surface area contributed by atoms with Crippen LogP contribution in [0.5, 0.6) is 0 Å². The van der Waals surface area contributed by atoms with Gasteiger partial charge in [0.25, 0.3) is 0 Å². The van der Waals surface area contributed by atoms with Gasteiger partial charge >= 0.3 is 0 Å². The van der Waals surface area contributed by atoms with Gasteiger partial charge in [-0.1, -0.05) is 28.1 Å². The van der Waals surface area contributed by atoms with Gasteiger partial charge < -0.3 is 10.8 Å². The van der Waals surface area contributed by atoms with E-state index in [9.17, 15) is 0 Å². The van der Waals surface area contributed by atoms with Crippen molar-refractivity contribution in [3.8, 4) is 0 Å². The summed E-state index contributed by atoms with van der Waals surface area (Å²) in [5.41, 5.74) is 7.46. The van der Waals surface area contributed by atoms with Crippen LogP contribution in [-0.4, -0.2) is 11.7 Å². The zero-order chi connectivity index (χ0) is 9.68. The number of rotatable bonds is 3. The van der Waals surface area contributed by atoms with Crippen LogP contribution in [0.25, 0.3) is 6.08 Å². The SMILES string of the molecule is Nc1ccc(Br)cc1C=CCCO. The van der Waals surface area contributed by atoms with Crippen molar-refractivity contribution in [2.24, 2.45) is 0 Å². The number of nitrogens with two attached hydrogens (primary N) is 1. The predicted molar refractivity (Wildman–Crippen MR) is 59.3 cm³/mol. The summed E-state index contributed by atoms with van der Waals surface area (Å²) in [4.78, 5) is 0. The van der Waals surface area contributed by atoms with E-state index in [0.717, 1.165) is 15.7 Å². The minimum absolute atomic E-state index is 0.171. The summed E-state index contributed by atoms with van der Waals surface area (Å²) in [7, 11) is 0. The third-order valence-corrected chi connectivity index (χ3v) is 2.14. The van der Waals surface area contributed by atoms with Gasteiger partial charge in [0.05, 0.1) is 0 Å². The Kier molecular flexibility index (Phi) is 3.99. The Balaban J connectivity index is 2.81. The molecule has 3 N–H and O–H groups in total. The summed E-state index contributed by atoms with van der Waals surface area (Å²) in [5, 5.41) is 8.58. The molecule has 0 bridgehead atoms. The summed E-state index contributed by atoms with van der Waals surface area (Å²) < 4.78 is 1.00. The normalized spacial score (nSPS) is 10.9. The van der Waals surface area contributed by atoms with Gasteiger partial charge in [0.15, 0.2) is 0 Å². The Hall–Kier alpha value is -0.800. The highest BCUT2D eigenvalue weighted by Gasteiger charge is 1.94. The smallest absolute Gasteiger partial charge is 0.0465 e. The number of benzene rings is 1. The van der Waals surface area contributed by atoms with Crippen molar-refractivity contribution >= 4 is 27.7 Å². The van der Waals surface area contributed by atoms with Crippen LogP contribution < -0.4 is 5.73 Å². The fourth-order valence-electron chi connectivity index (χ4n) is 0.975. The highest BCUT2D eigenvalue weighted by atomic mass is 79.9. The molecule has 0 atom stereocenters. The molecule has 0 aliphatic heterocycles. The van der Waals surface area contributed by atoms with E-state index in [-0.39, 0.29) is 6.61 Å². The highest BCUT2D eigenvalue weighted by molar-refractivity contribution is 9.10. The number of nitrogen functional groups attached to an aromatic ring is 1. The molecule has 0 unspecified atom stereocenters. The van der Waals surface area contributed by atoms with E-state index in [1.165, 1.54) is 0 Å².